The summed E-state index contributed by atoms with van der Waals surface area (Å²) in [7, 11) is 0. The van der Waals surface area contributed by atoms with E-state index in [0.29, 0.717) is 5.56 Å². The van der Waals surface area contributed by atoms with Crippen LogP contribution in [0.2, 0.25) is 0 Å². The molecule has 0 heterocycles. The number of hydrogen-bond acceptors (Lipinski definition) is 1. The summed E-state index contributed by atoms with van der Waals surface area (Å²) in [5.41, 5.74) is 1.22. The van der Waals surface area contributed by atoms with Crippen LogP contribution in [0.5, 0.6) is 0 Å². The zero-order valence-electron chi connectivity index (χ0n) is 12.1. The van der Waals surface area contributed by atoms with Crippen molar-refractivity contribution < 1.29 is 13.9 Å². The van der Waals surface area contributed by atoms with Crippen molar-refractivity contribution in [2.45, 2.75) is 33.3 Å². The number of hydrogen-bond donors (Lipinski definition) is 1. The Hall–Kier alpha value is -1.74. The molecule has 0 spiro atoms. The quantitative estimate of drug-likeness (QED) is 0.873. The van der Waals surface area contributed by atoms with Crippen molar-refractivity contribution in [1.82, 2.24) is 0 Å². The summed E-state index contributed by atoms with van der Waals surface area (Å²) in [4.78, 5) is 0. The molecule has 1 atom stereocenters. The fraction of sp³-hybridized carbons (Fsp3) is 0.294. The molecule has 0 saturated heterocycles. The molecule has 0 aliphatic rings. The van der Waals surface area contributed by atoms with E-state index in [0.717, 1.165) is 11.1 Å². The maximum absolute atomic E-state index is 14.1. The second kappa shape index (κ2) is 4.98. The molecule has 0 bridgehead atoms. The third kappa shape index (κ3) is 2.34. The first-order valence-corrected chi connectivity index (χ1v) is 6.50. The molecule has 0 aromatic heterocycles. The highest BCUT2D eigenvalue weighted by Gasteiger charge is 2.30. The van der Waals surface area contributed by atoms with E-state index in [2.05, 4.69) is 0 Å². The van der Waals surface area contributed by atoms with Gasteiger partial charge in [0.1, 0.15) is 5.60 Å². The molecule has 3 heteroatoms. The van der Waals surface area contributed by atoms with Crippen LogP contribution in [0, 0.1) is 32.4 Å². The zero-order chi connectivity index (χ0) is 15.1. The van der Waals surface area contributed by atoms with Crippen LogP contribution in [-0.4, -0.2) is 5.11 Å². The number of aryl methyl sites for hydroxylation is 3. The minimum absolute atomic E-state index is 0.0520. The molecule has 0 aliphatic carbocycles. The second-order valence-corrected chi connectivity index (χ2v) is 5.43. The Morgan fingerprint density at radius 2 is 1.45 bits per heavy atom. The first-order valence-electron chi connectivity index (χ1n) is 6.50. The van der Waals surface area contributed by atoms with Gasteiger partial charge in [0, 0.05) is 5.56 Å². The topological polar surface area (TPSA) is 20.2 Å². The number of halogens is 2. The van der Waals surface area contributed by atoms with Gasteiger partial charge in [-0.3, -0.25) is 0 Å². The van der Waals surface area contributed by atoms with Gasteiger partial charge in [0.15, 0.2) is 11.6 Å². The zero-order valence-corrected chi connectivity index (χ0v) is 12.1. The van der Waals surface area contributed by atoms with E-state index in [4.69, 9.17) is 0 Å². The van der Waals surface area contributed by atoms with Crippen LogP contribution in [0.25, 0.3) is 0 Å². The highest BCUT2D eigenvalue weighted by molar-refractivity contribution is 5.41. The summed E-state index contributed by atoms with van der Waals surface area (Å²) < 4.78 is 27.8. The van der Waals surface area contributed by atoms with Gasteiger partial charge in [-0.25, -0.2) is 8.78 Å². The van der Waals surface area contributed by atoms with Gasteiger partial charge in [-0.2, -0.15) is 0 Å². The summed E-state index contributed by atoms with van der Waals surface area (Å²) >= 11 is 0. The highest BCUT2D eigenvalue weighted by Crippen LogP contribution is 2.33. The lowest BCUT2D eigenvalue weighted by Gasteiger charge is -2.26. The highest BCUT2D eigenvalue weighted by atomic mass is 19.2. The van der Waals surface area contributed by atoms with E-state index in [9.17, 15) is 13.9 Å². The Bertz CT molecular complexity index is 660. The van der Waals surface area contributed by atoms with Crippen molar-refractivity contribution >= 4 is 0 Å². The first-order chi connectivity index (χ1) is 9.25. The normalized spacial score (nSPS) is 14.2. The molecule has 2 aromatic carbocycles. The molecule has 0 aliphatic heterocycles. The summed E-state index contributed by atoms with van der Waals surface area (Å²) in [6.45, 7) is 6.85. The molecule has 0 amide bonds. The van der Waals surface area contributed by atoms with Crippen molar-refractivity contribution in [2.75, 3.05) is 0 Å². The number of benzene rings is 2. The molecule has 0 saturated carbocycles. The van der Waals surface area contributed by atoms with Crippen LogP contribution in [-0.2, 0) is 5.60 Å². The smallest absolute Gasteiger partial charge is 0.165 e. The molecule has 2 aromatic rings. The molecule has 1 unspecified atom stereocenters. The van der Waals surface area contributed by atoms with Gasteiger partial charge >= 0.3 is 0 Å². The number of rotatable bonds is 2. The van der Waals surface area contributed by atoms with Crippen LogP contribution in [0.3, 0.4) is 0 Å². The van der Waals surface area contributed by atoms with Crippen LogP contribution in [0.4, 0.5) is 8.78 Å². The lowest BCUT2D eigenvalue weighted by Crippen LogP contribution is -2.25. The Balaban J connectivity index is 2.60. The van der Waals surface area contributed by atoms with E-state index in [1.165, 1.54) is 26.0 Å². The lowest BCUT2D eigenvalue weighted by atomic mass is 9.86. The molecule has 1 N–H and O–H groups in total. The fourth-order valence-electron chi connectivity index (χ4n) is 2.22. The average molecular weight is 276 g/mol. The Morgan fingerprint density at radius 1 is 0.850 bits per heavy atom. The van der Waals surface area contributed by atoms with Crippen molar-refractivity contribution in [3.8, 4) is 0 Å². The largest absolute Gasteiger partial charge is 0.381 e. The van der Waals surface area contributed by atoms with E-state index < -0.39 is 17.2 Å². The average Bonchev–Trinajstić information content (AvgIpc) is 2.38. The molecule has 20 heavy (non-hydrogen) atoms. The van der Waals surface area contributed by atoms with Gasteiger partial charge in [-0.05, 0) is 49.9 Å². The van der Waals surface area contributed by atoms with Crippen LogP contribution >= 0.6 is 0 Å². The third-order valence-electron chi connectivity index (χ3n) is 3.87. The standard InChI is InChI=1S/C17H18F2O/c1-10-5-7-13(9-12(10)3)17(4,20)14-8-6-11(2)15(18)16(14)19/h5-9,20H,1-4H3. The van der Waals surface area contributed by atoms with Gasteiger partial charge < -0.3 is 5.11 Å². The summed E-state index contributed by atoms with van der Waals surface area (Å²) in [6, 6.07) is 8.31. The van der Waals surface area contributed by atoms with E-state index in [1.54, 1.807) is 12.1 Å². The molecular formula is C17H18F2O. The minimum Gasteiger partial charge on any atom is -0.381 e. The molecule has 106 valence electrons. The second-order valence-electron chi connectivity index (χ2n) is 5.43. The van der Waals surface area contributed by atoms with Gasteiger partial charge in [0.25, 0.3) is 0 Å². The van der Waals surface area contributed by atoms with E-state index in [1.807, 2.05) is 19.9 Å². The maximum atomic E-state index is 14.1. The monoisotopic (exact) mass is 276 g/mol. The maximum Gasteiger partial charge on any atom is 0.165 e. The molecule has 0 fully saturated rings. The predicted octanol–water partition coefficient (Wildman–Crippen LogP) is 4.15. The van der Waals surface area contributed by atoms with Gasteiger partial charge in [-0.1, -0.05) is 30.3 Å². The van der Waals surface area contributed by atoms with Crippen molar-refractivity contribution in [1.29, 1.82) is 0 Å². The molecular weight excluding hydrogens is 258 g/mol. The first kappa shape index (κ1) is 14.7. The van der Waals surface area contributed by atoms with Crippen LogP contribution < -0.4 is 0 Å². The Morgan fingerprint density at radius 3 is 2.05 bits per heavy atom. The SMILES string of the molecule is Cc1ccc(C(C)(O)c2ccc(C)c(F)c2F)cc1C. The summed E-state index contributed by atoms with van der Waals surface area (Å²) in [6.07, 6.45) is 0. The third-order valence-corrected chi connectivity index (χ3v) is 3.87. The molecule has 2 rings (SSSR count). The fourth-order valence-corrected chi connectivity index (χ4v) is 2.22. The van der Waals surface area contributed by atoms with E-state index >= 15 is 0 Å². The number of aliphatic hydroxyl groups is 1. The lowest BCUT2D eigenvalue weighted by molar-refractivity contribution is 0.0969. The summed E-state index contributed by atoms with van der Waals surface area (Å²) in [5.74, 6) is -1.90. The minimum atomic E-state index is -1.57. The van der Waals surface area contributed by atoms with Crippen LogP contribution in [0.1, 0.15) is 34.7 Å². The predicted molar refractivity (Wildman–Crippen MR) is 75.7 cm³/mol. The van der Waals surface area contributed by atoms with Gasteiger partial charge in [0.2, 0.25) is 0 Å². The van der Waals surface area contributed by atoms with Crippen molar-refractivity contribution in [3.63, 3.8) is 0 Å². The van der Waals surface area contributed by atoms with Crippen LogP contribution in [0.15, 0.2) is 30.3 Å². The molecule has 1 nitrogen and oxygen atoms in total. The summed E-state index contributed by atoms with van der Waals surface area (Å²) in [5, 5.41) is 10.7. The van der Waals surface area contributed by atoms with Crippen molar-refractivity contribution in [3.05, 3.63) is 69.8 Å². The Kier molecular flexibility index (Phi) is 3.65. The molecule has 0 radical (unpaired) electrons. The van der Waals surface area contributed by atoms with E-state index in [-0.39, 0.29) is 11.1 Å². The van der Waals surface area contributed by atoms with Gasteiger partial charge in [0.05, 0.1) is 0 Å². The Labute approximate surface area is 117 Å². The van der Waals surface area contributed by atoms with Gasteiger partial charge in [-0.15, -0.1) is 0 Å². The van der Waals surface area contributed by atoms with Crippen molar-refractivity contribution in [2.24, 2.45) is 0 Å².